The predicted molar refractivity (Wildman–Crippen MR) is 78.5 cm³/mol. The summed E-state index contributed by atoms with van der Waals surface area (Å²) in [4.78, 5) is 36.6. The molecule has 1 aromatic carbocycles. The quantitative estimate of drug-likeness (QED) is 0.873. The Balaban J connectivity index is 1.83. The first kappa shape index (κ1) is 15.9. The van der Waals surface area contributed by atoms with Crippen LogP contribution in [0.15, 0.2) is 24.3 Å². The topological polar surface area (TPSA) is 78.5 Å². The molecule has 1 aromatic rings. The standard InChI is InChI=1S/C15H18FN3O3/c1-10(20)19-8-6-11(7-9-19)14(21)18-15(22)17-13-5-3-2-4-12(13)16/h2-5,11H,6-9H2,1H3,(H2,17,18,21,22). The second kappa shape index (κ2) is 7.02. The van der Waals surface area contributed by atoms with Gasteiger partial charge in [-0.15, -0.1) is 0 Å². The summed E-state index contributed by atoms with van der Waals surface area (Å²) in [5, 5.41) is 4.51. The molecule has 1 aliphatic heterocycles. The molecular weight excluding hydrogens is 289 g/mol. The van der Waals surface area contributed by atoms with Crippen LogP contribution in [0.3, 0.4) is 0 Å². The van der Waals surface area contributed by atoms with Crippen molar-refractivity contribution in [1.82, 2.24) is 10.2 Å². The summed E-state index contributed by atoms with van der Waals surface area (Å²) in [6.45, 7) is 2.49. The van der Waals surface area contributed by atoms with Crippen LogP contribution in [-0.2, 0) is 9.59 Å². The number of hydrogen-bond acceptors (Lipinski definition) is 3. The molecule has 1 heterocycles. The summed E-state index contributed by atoms with van der Waals surface area (Å²) in [5.74, 6) is -1.31. The predicted octanol–water partition coefficient (Wildman–Crippen LogP) is 1.73. The van der Waals surface area contributed by atoms with E-state index in [4.69, 9.17) is 0 Å². The van der Waals surface area contributed by atoms with Crippen LogP contribution in [0.2, 0.25) is 0 Å². The summed E-state index contributed by atoms with van der Waals surface area (Å²) >= 11 is 0. The molecule has 22 heavy (non-hydrogen) atoms. The lowest BCUT2D eigenvalue weighted by Crippen LogP contribution is -2.44. The molecule has 0 atom stereocenters. The number of nitrogens with one attached hydrogen (secondary N) is 2. The maximum Gasteiger partial charge on any atom is 0.325 e. The van der Waals surface area contributed by atoms with Crippen LogP contribution in [0, 0.1) is 11.7 Å². The van der Waals surface area contributed by atoms with E-state index in [9.17, 15) is 18.8 Å². The number of amides is 4. The van der Waals surface area contributed by atoms with Crippen molar-refractivity contribution in [3.8, 4) is 0 Å². The molecule has 1 saturated heterocycles. The largest absolute Gasteiger partial charge is 0.343 e. The molecule has 0 aliphatic carbocycles. The molecule has 0 radical (unpaired) electrons. The molecule has 1 aliphatic rings. The summed E-state index contributed by atoms with van der Waals surface area (Å²) < 4.78 is 13.4. The van der Waals surface area contributed by atoms with Crippen molar-refractivity contribution in [3.63, 3.8) is 0 Å². The van der Waals surface area contributed by atoms with Gasteiger partial charge in [0.1, 0.15) is 5.82 Å². The van der Waals surface area contributed by atoms with E-state index in [1.165, 1.54) is 25.1 Å². The zero-order valence-electron chi connectivity index (χ0n) is 12.3. The molecular formula is C15H18FN3O3. The van der Waals surface area contributed by atoms with Gasteiger partial charge in [0.05, 0.1) is 5.69 Å². The number of imide groups is 1. The number of hydrogen-bond donors (Lipinski definition) is 2. The minimum atomic E-state index is -0.760. The molecule has 1 fully saturated rings. The Kier molecular flexibility index (Phi) is 5.08. The third-order valence-electron chi connectivity index (χ3n) is 3.67. The Hall–Kier alpha value is -2.44. The van der Waals surface area contributed by atoms with Gasteiger partial charge < -0.3 is 10.2 Å². The highest BCUT2D eigenvalue weighted by Crippen LogP contribution is 2.17. The highest BCUT2D eigenvalue weighted by molar-refractivity contribution is 6.01. The van der Waals surface area contributed by atoms with Crippen LogP contribution in [-0.4, -0.2) is 35.8 Å². The van der Waals surface area contributed by atoms with Gasteiger partial charge in [-0.05, 0) is 25.0 Å². The van der Waals surface area contributed by atoms with E-state index in [2.05, 4.69) is 10.6 Å². The summed E-state index contributed by atoms with van der Waals surface area (Å²) in [6, 6.07) is 4.95. The van der Waals surface area contributed by atoms with Crippen molar-refractivity contribution >= 4 is 23.5 Å². The van der Waals surface area contributed by atoms with Crippen molar-refractivity contribution in [1.29, 1.82) is 0 Å². The lowest BCUT2D eigenvalue weighted by atomic mass is 9.96. The zero-order valence-corrected chi connectivity index (χ0v) is 12.3. The zero-order chi connectivity index (χ0) is 16.1. The van der Waals surface area contributed by atoms with Gasteiger partial charge in [-0.2, -0.15) is 0 Å². The SMILES string of the molecule is CC(=O)N1CCC(C(=O)NC(=O)Nc2ccccc2F)CC1. The number of anilines is 1. The van der Waals surface area contributed by atoms with Gasteiger partial charge in [0, 0.05) is 25.9 Å². The highest BCUT2D eigenvalue weighted by atomic mass is 19.1. The lowest BCUT2D eigenvalue weighted by molar-refractivity contribution is -0.133. The third-order valence-corrected chi connectivity index (χ3v) is 3.67. The summed E-state index contributed by atoms with van der Waals surface area (Å²) in [7, 11) is 0. The Labute approximate surface area is 127 Å². The number of carbonyl (C=O) groups is 3. The highest BCUT2D eigenvalue weighted by Gasteiger charge is 2.27. The first-order chi connectivity index (χ1) is 10.5. The van der Waals surface area contributed by atoms with Gasteiger partial charge >= 0.3 is 6.03 Å². The lowest BCUT2D eigenvalue weighted by Gasteiger charge is -2.30. The van der Waals surface area contributed by atoms with Crippen molar-refractivity contribution < 1.29 is 18.8 Å². The summed E-state index contributed by atoms with van der Waals surface area (Å²) in [6.07, 6.45) is 1.02. The normalized spacial score (nSPS) is 15.3. The van der Waals surface area contributed by atoms with Crippen LogP contribution in [0.25, 0.3) is 0 Å². The first-order valence-electron chi connectivity index (χ1n) is 7.09. The van der Waals surface area contributed by atoms with E-state index in [-0.39, 0.29) is 17.5 Å². The molecule has 2 rings (SSSR count). The number of urea groups is 1. The molecule has 118 valence electrons. The van der Waals surface area contributed by atoms with Crippen molar-refractivity contribution in [3.05, 3.63) is 30.1 Å². The van der Waals surface area contributed by atoms with E-state index in [0.29, 0.717) is 25.9 Å². The fourth-order valence-corrected chi connectivity index (χ4v) is 2.39. The second-order valence-electron chi connectivity index (χ2n) is 5.20. The van der Waals surface area contributed by atoms with E-state index in [1.54, 1.807) is 11.0 Å². The smallest absolute Gasteiger partial charge is 0.325 e. The molecule has 0 saturated carbocycles. The molecule has 0 aromatic heterocycles. The number of likely N-dealkylation sites (tertiary alicyclic amines) is 1. The van der Waals surface area contributed by atoms with Gasteiger partial charge in [-0.1, -0.05) is 12.1 Å². The van der Waals surface area contributed by atoms with Crippen molar-refractivity contribution in [2.24, 2.45) is 5.92 Å². The molecule has 6 nitrogen and oxygen atoms in total. The minimum absolute atomic E-state index is 0.0131. The Bertz CT molecular complexity index is 583. The fourth-order valence-electron chi connectivity index (χ4n) is 2.39. The van der Waals surface area contributed by atoms with Crippen molar-refractivity contribution in [2.45, 2.75) is 19.8 Å². The van der Waals surface area contributed by atoms with Gasteiger partial charge in [0.2, 0.25) is 11.8 Å². The number of benzene rings is 1. The number of nitrogens with zero attached hydrogens (tertiary/aromatic N) is 1. The fraction of sp³-hybridized carbons (Fsp3) is 0.400. The van der Waals surface area contributed by atoms with Crippen LogP contribution in [0.5, 0.6) is 0 Å². The van der Waals surface area contributed by atoms with Crippen molar-refractivity contribution in [2.75, 3.05) is 18.4 Å². The van der Waals surface area contributed by atoms with Gasteiger partial charge in [-0.25, -0.2) is 9.18 Å². The molecule has 0 spiro atoms. The number of para-hydroxylation sites is 1. The second-order valence-corrected chi connectivity index (χ2v) is 5.20. The Morgan fingerprint density at radius 1 is 1.18 bits per heavy atom. The van der Waals surface area contributed by atoms with Gasteiger partial charge in [0.25, 0.3) is 0 Å². The average Bonchev–Trinajstić information content (AvgIpc) is 2.49. The average molecular weight is 307 g/mol. The van der Waals surface area contributed by atoms with E-state index >= 15 is 0 Å². The Morgan fingerprint density at radius 2 is 1.82 bits per heavy atom. The number of halogens is 1. The Morgan fingerprint density at radius 3 is 2.41 bits per heavy atom. The monoisotopic (exact) mass is 307 g/mol. The van der Waals surface area contributed by atoms with Crippen LogP contribution < -0.4 is 10.6 Å². The van der Waals surface area contributed by atoms with Crippen LogP contribution in [0.1, 0.15) is 19.8 Å². The minimum Gasteiger partial charge on any atom is -0.343 e. The van der Waals surface area contributed by atoms with Gasteiger partial charge in [0.15, 0.2) is 0 Å². The third kappa shape index (κ3) is 4.03. The van der Waals surface area contributed by atoms with E-state index in [0.717, 1.165) is 0 Å². The molecule has 2 N–H and O–H groups in total. The van der Waals surface area contributed by atoms with E-state index in [1.807, 2.05) is 0 Å². The van der Waals surface area contributed by atoms with E-state index < -0.39 is 17.8 Å². The molecule has 0 bridgehead atoms. The van der Waals surface area contributed by atoms with Crippen LogP contribution in [0.4, 0.5) is 14.9 Å². The van der Waals surface area contributed by atoms with Crippen LogP contribution >= 0.6 is 0 Å². The first-order valence-corrected chi connectivity index (χ1v) is 7.09. The molecule has 4 amide bonds. The molecule has 7 heteroatoms. The number of carbonyl (C=O) groups excluding carboxylic acids is 3. The number of piperidine rings is 1. The van der Waals surface area contributed by atoms with Gasteiger partial charge in [-0.3, -0.25) is 14.9 Å². The summed E-state index contributed by atoms with van der Waals surface area (Å²) in [5.41, 5.74) is 0.0131. The number of rotatable bonds is 2. The maximum absolute atomic E-state index is 13.4. The maximum atomic E-state index is 13.4. The molecule has 0 unspecified atom stereocenters.